The molecule has 0 fully saturated rings. The third-order valence-electron chi connectivity index (χ3n) is 2.20. The SMILES string of the molecule is CC=CCC(C)(C=CC)CC. The lowest BCUT2D eigenvalue weighted by molar-refractivity contribution is 0.416. The standard InChI is InChI=1S/C11H20/c1-5-8-10-11(4,7-3)9-6-2/h5-6,8-9H,7,10H2,1-4H3. The Morgan fingerprint density at radius 1 is 1.18 bits per heavy atom. The second-order valence-electron chi connectivity index (χ2n) is 3.28. The minimum absolute atomic E-state index is 0.376. The van der Waals surface area contributed by atoms with Gasteiger partial charge in [-0.05, 0) is 32.1 Å². The molecule has 0 aromatic heterocycles. The zero-order valence-corrected chi connectivity index (χ0v) is 8.22. The predicted octanol–water partition coefficient (Wildman–Crippen LogP) is 3.95. The van der Waals surface area contributed by atoms with Crippen LogP contribution >= 0.6 is 0 Å². The van der Waals surface area contributed by atoms with Crippen LogP contribution in [0.2, 0.25) is 0 Å². The van der Waals surface area contributed by atoms with Gasteiger partial charge in [0.05, 0.1) is 0 Å². The summed E-state index contributed by atoms with van der Waals surface area (Å²) in [6.07, 6.45) is 11.2. The van der Waals surface area contributed by atoms with Gasteiger partial charge in [0.15, 0.2) is 0 Å². The molecule has 0 saturated carbocycles. The van der Waals surface area contributed by atoms with Crippen molar-refractivity contribution in [3.63, 3.8) is 0 Å². The predicted molar refractivity (Wildman–Crippen MR) is 52.6 cm³/mol. The van der Waals surface area contributed by atoms with E-state index in [-0.39, 0.29) is 0 Å². The zero-order valence-electron chi connectivity index (χ0n) is 8.22. The van der Waals surface area contributed by atoms with Gasteiger partial charge in [0.25, 0.3) is 0 Å². The first kappa shape index (κ1) is 10.5. The summed E-state index contributed by atoms with van der Waals surface area (Å²) in [7, 11) is 0. The maximum absolute atomic E-state index is 2.30. The van der Waals surface area contributed by atoms with Gasteiger partial charge in [0, 0.05) is 0 Å². The monoisotopic (exact) mass is 152 g/mol. The summed E-state index contributed by atoms with van der Waals surface area (Å²) in [5, 5.41) is 0. The minimum atomic E-state index is 0.376. The van der Waals surface area contributed by atoms with Crippen LogP contribution in [0.4, 0.5) is 0 Å². The highest BCUT2D eigenvalue weighted by Gasteiger charge is 2.14. The molecule has 1 atom stereocenters. The Morgan fingerprint density at radius 2 is 1.82 bits per heavy atom. The second kappa shape index (κ2) is 5.17. The molecule has 0 bridgehead atoms. The third-order valence-corrected chi connectivity index (χ3v) is 2.20. The highest BCUT2D eigenvalue weighted by atomic mass is 14.2. The molecule has 11 heavy (non-hydrogen) atoms. The first-order valence-electron chi connectivity index (χ1n) is 4.43. The lowest BCUT2D eigenvalue weighted by Gasteiger charge is -2.21. The summed E-state index contributed by atoms with van der Waals surface area (Å²) in [4.78, 5) is 0. The van der Waals surface area contributed by atoms with E-state index in [4.69, 9.17) is 0 Å². The number of allylic oxidation sites excluding steroid dienone is 4. The Labute approximate surface area is 71.0 Å². The van der Waals surface area contributed by atoms with E-state index in [1.54, 1.807) is 0 Å². The molecule has 0 aliphatic heterocycles. The maximum atomic E-state index is 2.30. The van der Waals surface area contributed by atoms with Gasteiger partial charge in [-0.2, -0.15) is 0 Å². The molecule has 0 amide bonds. The summed E-state index contributed by atoms with van der Waals surface area (Å²) >= 11 is 0. The van der Waals surface area contributed by atoms with Gasteiger partial charge in [-0.3, -0.25) is 0 Å². The summed E-state index contributed by atoms with van der Waals surface area (Å²) in [6.45, 7) is 8.70. The van der Waals surface area contributed by atoms with Crippen molar-refractivity contribution in [2.24, 2.45) is 5.41 Å². The molecule has 0 heteroatoms. The molecule has 0 spiro atoms. The molecule has 1 unspecified atom stereocenters. The normalized spacial score (nSPS) is 17.8. The summed E-state index contributed by atoms with van der Waals surface area (Å²) < 4.78 is 0. The highest BCUT2D eigenvalue weighted by Crippen LogP contribution is 2.27. The fourth-order valence-corrected chi connectivity index (χ4v) is 1.12. The topological polar surface area (TPSA) is 0 Å². The van der Waals surface area contributed by atoms with E-state index in [1.165, 1.54) is 6.42 Å². The Morgan fingerprint density at radius 3 is 2.18 bits per heavy atom. The first-order valence-corrected chi connectivity index (χ1v) is 4.43. The number of hydrogen-bond acceptors (Lipinski definition) is 0. The minimum Gasteiger partial charge on any atom is -0.0916 e. The molecular formula is C11H20. The molecule has 0 heterocycles. The second-order valence-corrected chi connectivity index (χ2v) is 3.28. The zero-order chi connectivity index (χ0) is 8.74. The van der Waals surface area contributed by atoms with Crippen molar-refractivity contribution in [2.75, 3.05) is 0 Å². The average molecular weight is 152 g/mol. The van der Waals surface area contributed by atoms with Crippen LogP contribution in [0.5, 0.6) is 0 Å². The van der Waals surface area contributed by atoms with E-state index in [1.807, 2.05) is 0 Å². The van der Waals surface area contributed by atoms with Gasteiger partial charge in [-0.25, -0.2) is 0 Å². The van der Waals surface area contributed by atoms with Crippen LogP contribution in [0.3, 0.4) is 0 Å². The van der Waals surface area contributed by atoms with Gasteiger partial charge in [0.2, 0.25) is 0 Å². The van der Waals surface area contributed by atoms with E-state index < -0.39 is 0 Å². The first-order chi connectivity index (χ1) is 5.18. The highest BCUT2D eigenvalue weighted by molar-refractivity contribution is 4.99. The maximum Gasteiger partial charge on any atom is -0.0115 e. The Kier molecular flexibility index (Phi) is 4.93. The summed E-state index contributed by atoms with van der Waals surface area (Å²) in [6, 6.07) is 0. The molecule has 0 saturated heterocycles. The molecular weight excluding hydrogens is 132 g/mol. The molecule has 0 aromatic carbocycles. The van der Waals surface area contributed by atoms with Gasteiger partial charge in [-0.1, -0.05) is 38.2 Å². The van der Waals surface area contributed by atoms with Crippen LogP contribution in [-0.4, -0.2) is 0 Å². The van der Waals surface area contributed by atoms with Gasteiger partial charge < -0.3 is 0 Å². The molecule has 64 valence electrons. The summed E-state index contributed by atoms with van der Waals surface area (Å²) in [5.41, 5.74) is 0.376. The van der Waals surface area contributed by atoms with Crippen molar-refractivity contribution in [1.29, 1.82) is 0 Å². The third kappa shape index (κ3) is 4.02. The summed E-state index contributed by atoms with van der Waals surface area (Å²) in [5.74, 6) is 0. The van der Waals surface area contributed by atoms with Gasteiger partial charge >= 0.3 is 0 Å². The average Bonchev–Trinajstić information content (AvgIpc) is 2.02. The molecule has 0 N–H and O–H groups in total. The van der Waals surface area contributed by atoms with Crippen molar-refractivity contribution >= 4 is 0 Å². The van der Waals surface area contributed by atoms with E-state index in [0.717, 1.165) is 6.42 Å². The van der Waals surface area contributed by atoms with Crippen LogP contribution in [0.25, 0.3) is 0 Å². The van der Waals surface area contributed by atoms with Crippen molar-refractivity contribution in [3.8, 4) is 0 Å². The van der Waals surface area contributed by atoms with E-state index in [2.05, 4.69) is 52.0 Å². The quantitative estimate of drug-likeness (QED) is 0.535. The molecule has 0 aliphatic rings. The largest absolute Gasteiger partial charge is 0.0916 e. The number of hydrogen-bond donors (Lipinski definition) is 0. The van der Waals surface area contributed by atoms with Crippen LogP contribution in [0.1, 0.15) is 40.5 Å². The van der Waals surface area contributed by atoms with Gasteiger partial charge in [0.1, 0.15) is 0 Å². The molecule has 0 radical (unpaired) electrons. The van der Waals surface area contributed by atoms with E-state index in [0.29, 0.717) is 5.41 Å². The van der Waals surface area contributed by atoms with Gasteiger partial charge in [-0.15, -0.1) is 0 Å². The van der Waals surface area contributed by atoms with Crippen molar-refractivity contribution < 1.29 is 0 Å². The number of rotatable bonds is 4. The van der Waals surface area contributed by atoms with Crippen molar-refractivity contribution in [3.05, 3.63) is 24.3 Å². The molecule has 0 aromatic rings. The fourth-order valence-electron chi connectivity index (χ4n) is 1.12. The Hall–Kier alpha value is -0.520. The lowest BCUT2D eigenvalue weighted by atomic mass is 9.83. The fraction of sp³-hybridized carbons (Fsp3) is 0.636. The van der Waals surface area contributed by atoms with Crippen LogP contribution in [-0.2, 0) is 0 Å². The van der Waals surface area contributed by atoms with Crippen LogP contribution in [0, 0.1) is 5.41 Å². The van der Waals surface area contributed by atoms with Crippen LogP contribution in [0.15, 0.2) is 24.3 Å². The molecule has 0 aliphatic carbocycles. The Bertz CT molecular complexity index is 142. The van der Waals surface area contributed by atoms with Crippen LogP contribution < -0.4 is 0 Å². The molecule has 0 nitrogen and oxygen atoms in total. The van der Waals surface area contributed by atoms with Crippen molar-refractivity contribution in [1.82, 2.24) is 0 Å². The Balaban J connectivity index is 4.09. The van der Waals surface area contributed by atoms with Crippen molar-refractivity contribution in [2.45, 2.75) is 40.5 Å². The van der Waals surface area contributed by atoms with E-state index in [9.17, 15) is 0 Å². The molecule has 0 rings (SSSR count). The van der Waals surface area contributed by atoms with E-state index >= 15 is 0 Å². The smallest absolute Gasteiger partial charge is 0.0115 e. The lowest BCUT2D eigenvalue weighted by Crippen LogP contribution is -2.09.